The summed E-state index contributed by atoms with van der Waals surface area (Å²) in [6.07, 6.45) is 3.71. The maximum atomic E-state index is 11.6. The number of rotatable bonds is 6. The SMILES string of the molecule is CCCCN1C(=O)C(=O)N(CCCC)C1=S. The number of thiocarbonyl (C=S) groups is 1. The van der Waals surface area contributed by atoms with Gasteiger partial charge in [-0.15, -0.1) is 0 Å². The monoisotopic (exact) mass is 242 g/mol. The highest BCUT2D eigenvalue weighted by Crippen LogP contribution is 2.14. The van der Waals surface area contributed by atoms with Crippen LogP contribution in [0.15, 0.2) is 0 Å². The van der Waals surface area contributed by atoms with Crippen LogP contribution in [0.3, 0.4) is 0 Å². The predicted octanol–water partition coefficient (Wildman–Crippen LogP) is 1.54. The fourth-order valence-corrected chi connectivity index (χ4v) is 1.93. The van der Waals surface area contributed by atoms with Crippen molar-refractivity contribution in [3.05, 3.63) is 0 Å². The van der Waals surface area contributed by atoms with Crippen molar-refractivity contribution in [2.24, 2.45) is 0 Å². The van der Waals surface area contributed by atoms with Gasteiger partial charge in [0.2, 0.25) is 0 Å². The molecule has 1 saturated heterocycles. The van der Waals surface area contributed by atoms with Gasteiger partial charge >= 0.3 is 11.8 Å². The second-order valence-electron chi connectivity index (χ2n) is 3.90. The van der Waals surface area contributed by atoms with Crippen LogP contribution in [0.2, 0.25) is 0 Å². The van der Waals surface area contributed by atoms with E-state index in [2.05, 4.69) is 0 Å². The molecule has 0 aromatic heterocycles. The van der Waals surface area contributed by atoms with Crippen LogP contribution in [0.5, 0.6) is 0 Å². The van der Waals surface area contributed by atoms with Gasteiger partial charge < -0.3 is 0 Å². The van der Waals surface area contributed by atoms with Crippen molar-refractivity contribution < 1.29 is 9.59 Å². The topological polar surface area (TPSA) is 40.6 Å². The quantitative estimate of drug-likeness (QED) is 0.524. The summed E-state index contributed by atoms with van der Waals surface area (Å²) >= 11 is 5.15. The van der Waals surface area contributed by atoms with E-state index in [-0.39, 0.29) is 0 Å². The fraction of sp³-hybridized carbons (Fsp3) is 0.727. The van der Waals surface area contributed by atoms with Crippen LogP contribution in [0.4, 0.5) is 0 Å². The fourth-order valence-electron chi connectivity index (χ4n) is 1.58. The molecule has 0 atom stereocenters. The van der Waals surface area contributed by atoms with E-state index in [1.54, 1.807) is 0 Å². The zero-order chi connectivity index (χ0) is 12.1. The normalized spacial score (nSPS) is 16.5. The average molecular weight is 242 g/mol. The summed E-state index contributed by atoms with van der Waals surface area (Å²) in [6.45, 7) is 5.20. The summed E-state index contributed by atoms with van der Waals surface area (Å²) in [5.74, 6) is -0.927. The van der Waals surface area contributed by atoms with E-state index in [1.165, 1.54) is 9.80 Å². The number of amides is 2. The van der Waals surface area contributed by atoms with Crippen LogP contribution >= 0.6 is 12.2 Å². The summed E-state index contributed by atoms with van der Waals surface area (Å²) in [5, 5.41) is 0.386. The maximum Gasteiger partial charge on any atom is 0.318 e. The number of nitrogens with zero attached hydrogens (tertiary/aromatic N) is 2. The lowest BCUT2D eigenvalue weighted by Crippen LogP contribution is -2.34. The van der Waals surface area contributed by atoms with Crippen LogP contribution < -0.4 is 0 Å². The molecule has 0 aliphatic carbocycles. The lowest BCUT2D eigenvalue weighted by atomic mass is 10.3. The molecule has 4 nitrogen and oxygen atoms in total. The second-order valence-corrected chi connectivity index (χ2v) is 4.27. The Morgan fingerprint density at radius 3 is 1.62 bits per heavy atom. The molecule has 0 saturated carbocycles. The third kappa shape index (κ3) is 2.58. The van der Waals surface area contributed by atoms with Gasteiger partial charge in [-0.2, -0.15) is 0 Å². The molecule has 0 N–H and O–H groups in total. The number of carbonyl (C=O) groups excluding carboxylic acids is 2. The molecule has 1 heterocycles. The lowest BCUT2D eigenvalue weighted by molar-refractivity contribution is -0.143. The van der Waals surface area contributed by atoms with E-state index < -0.39 is 11.8 Å². The smallest absolute Gasteiger partial charge is 0.280 e. The van der Waals surface area contributed by atoms with Crippen molar-refractivity contribution in [3.8, 4) is 0 Å². The Labute approximate surface area is 102 Å². The molecule has 0 radical (unpaired) electrons. The minimum absolute atomic E-state index is 0.386. The van der Waals surface area contributed by atoms with Crippen LogP contribution in [0.25, 0.3) is 0 Å². The van der Waals surface area contributed by atoms with Crippen molar-refractivity contribution in [1.82, 2.24) is 9.80 Å². The molecular weight excluding hydrogens is 224 g/mol. The van der Waals surface area contributed by atoms with Gasteiger partial charge in [0.1, 0.15) is 0 Å². The first-order valence-electron chi connectivity index (χ1n) is 5.80. The molecule has 2 amide bonds. The first-order valence-corrected chi connectivity index (χ1v) is 6.21. The first kappa shape index (κ1) is 13.1. The molecular formula is C11H18N2O2S. The number of hydrogen-bond acceptors (Lipinski definition) is 3. The molecule has 90 valence electrons. The molecule has 0 spiro atoms. The van der Waals surface area contributed by atoms with Gasteiger partial charge in [0.05, 0.1) is 0 Å². The van der Waals surface area contributed by atoms with Gasteiger partial charge in [0.15, 0.2) is 5.11 Å². The molecule has 0 unspecified atom stereocenters. The number of carbonyl (C=O) groups is 2. The average Bonchev–Trinajstić information content (AvgIpc) is 2.47. The van der Waals surface area contributed by atoms with Crippen LogP contribution in [0.1, 0.15) is 39.5 Å². The predicted molar refractivity (Wildman–Crippen MR) is 65.8 cm³/mol. The Hall–Kier alpha value is -0.970. The van der Waals surface area contributed by atoms with Crippen molar-refractivity contribution in [2.45, 2.75) is 39.5 Å². The number of unbranched alkanes of at least 4 members (excludes halogenated alkanes) is 2. The molecule has 0 aromatic rings. The van der Waals surface area contributed by atoms with Crippen molar-refractivity contribution in [3.63, 3.8) is 0 Å². The molecule has 1 aliphatic heterocycles. The van der Waals surface area contributed by atoms with E-state index in [4.69, 9.17) is 12.2 Å². The van der Waals surface area contributed by atoms with Crippen LogP contribution in [0, 0.1) is 0 Å². The summed E-state index contributed by atoms with van der Waals surface area (Å²) in [4.78, 5) is 26.1. The zero-order valence-electron chi connectivity index (χ0n) is 9.86. The van der Waals surface area contributed by atoms with Gasteiger partial charge in [-0.25, -0.2) is 0 Å². The summed E-state index contributed by atoms with van der Waals surface area (Å²) in [6, 6.07) is 0. The van der Waals surface area contributed by atoms with Gasteiger partial charge in [0.25, 0.3) is 0 Å². The highest BCUT2D eigenvalue weighted by atomic mass is 32.1. The van der Waals surface area contributed by atoms with Gasteiger partial charge in [-0.1, -0.05) is 26.7 Å². The highest BCUT2D eigenvalue weighted by Gasteiger charge is 2.40. The van der Waals surface area contributed by atoms with E-state index >= 15 is 0 Å². The summed E-state index contributed by atoms with van der Waals surface area (Å²) in [5.41, 5.74) is 0. The summed E-state index contributed by atoms with van der Waals surface area (Å²) < 4.78 is 0. The highest BCUT2D eigenvalue weighted by molar-refractivity contribution is 7.80. The molecule has 16 heavy (non-hydrogen) atoms. The van der Waals surface area contributed by atoms with Crippen LogP contribution in [-0.4, -0.2) is 39.8 Å². The minimum Gasteiger partial charge on any atom is -0.280 e. The third-order valence-electron chi connectivity index (χ3n) is 2.61. The molecule has 1 aliphatic rings. The van der Waals surface area contributed by atoms with Gasteiger partial charge in [-0.3, -0.25) is 19.4 Å². The maximum absolute atomic E-state index is 11.6. The van der Waals surface area contributed by atoms with Crippen molar-refractivity contribution >= 4 is 29.1 Å². The molecule has 0 bridgehead atoms. The standard InChI is InChI=1S/C11H18N2O2S/c1-3-5-7-12-9(14)10(15)13(11(12)16)8-6-4-2/h3-8H2,1-2H3. The van der Waals surface area contributed by atoms with Crippen molar-refractivity contribution in [1.29, 1.82) is 0 Å². The minimum atomic E-state index is -0.463. The van der Waals surface area contributed by atoms with E-state index in [9.17, 15) is 9.59 Å². The largest absolute Gasteiger partial charge is 0.318 e. The Kier molecular flexibility index (Phi) is 4.86. The van der Waals surface area contributed by atoms with Gasteiger partial charge in [-0.05, 0) is 25.1 Å². The Bertz CT molecular complexity index is 276. The molecule has 0 aromatic carbocycles. The van der Waals surface area contributed by atoms with Gasteiger partial charge in [0, 0.05) is 13.1 Å². The second kappa shape index (κ2) is 5.94. The molecule has 1 rings (SSSR count). The van der Waals surface area contributed by atoms with Crippen LogP contribution in [-0.2, 0) is 9.59 Å². The Morgan fingerprint density at radius 2 is 1.31 bits per heavy atom. The first-order chi connectivity index (χ1) is 7.63. The number of hydrogen-bond donors (Lipinski definition) is 0. The van der Waals surface area contributed by atoms with E-state index in [0.717, 1.165) is 25.7 Å². The Balaban J connectivity index is 2.66. The molecule has 5 heteroatoms. The third-order valence-corrected chi connectivity index (χ3v) is 3.05. The Morgan fingerprint density at radius 1 is 0.938 bits per heavy atom. The summed E-state index contributed by atoms with van der Waals surface area (Å²) in [7, 11) is 0. The molecule has 1 fully saturated rings. The van der Waals surface area contributed by atoms with E-state index in [1.807, 2.05) is 13.8 Å². The zero-order valence-corrected chi connectivity index (χ0v) is 10.7. The van der Waals surface area contributed by atoms with E-state index in [0.29, 0.717) is 18.2 Å². The van der Waals surface area contributed by atoms with Crippen molar-refractivity contribution in [2.75, 3.05) is 13.1 Å². The lowest BCUT2D eigenvalue weighted by Gasteiger charge is -2.17.